The molecule has 0 unspecified atom stereocenters. The maximum Gasteiger partial charge on any atom is 0.198 e. The molecule has 0 aliphatic heterocycles. The molecule has 0 heterocycles. The number of carbonyl (C=O) groups excluding carboxylic acids is 2. The molecule has 0 amide bonds. The lowest BCUT2D eigenvalue weighted by atomic mass is 9.82. The van der Waals surface area contributed by atoms with Gasteiger partial charge in [0.15, 0.2) is 23.1 Å². The van der Waals surface area contributed by atoms with Crippen LogP contribution in [0, 0.1) is 0 Å². The van der Waals surface area contributed by atoms with Gasteiger partial charge in [-0.1, -0.05) is 0 Å². The number of carbonyl (C=O) groups is 2. The van der Waals surface area contributed by atoms with E-state index >= 15 is 0 Å². The average Bonchev–Trinajstić information content (AvgIpc) is 2.52. The molecule has 0 spiro atoms. The Hall–Kier alpha value is -3.02. The van der Waals surface area contributed by atoms with Gasteiger partial charge in [0.05, 0.1) is 25.3 Å². The lowest BCUT2D eigenvalue weighted by Crippen LogP contribution is -2.22. The summed E-state index contributed by atoms with van der Waals surface area (Å²) in [5, 5.41) is 19.8. The summed E-state index contributed by atoms with van der Waals surface area (Å²) in [4.78, 5) is 25.3. The molecular weight excluding hydrogens is 288 g/mol. The normalized spacial score (nSPS) is 12.6. The standard InChI is InChI=1S/C16H12O6/c1-21-10-6-11(22-2)16(20)13-12(10)15(19)9-5-7(17)3-4-8(9)14(13)18/h3-6,17,20H,1-2H3. The van der Waals surface area contributed by atoms with Gasteiger partial charge >= 0.3 is 0 Å². The summed E-state index contributed by atoms with van der Waals surface area (Å²) in [5.74, 6) is -1.40. The molecule has 0 radical (unpaired) electrons. The molecule has 22 heavy (non-hydrogen) atoms. The molecule has 0 bridgehead atoms. The largest absolute Gasteiger partial charge is 0.508 e. The van der Waals surface area contributed by atoms with Crippen molar-refractivity contribution in [2.24, 2.45) is 0 Å². The summed E-state index contributed by atoms with van der Waals surface area (Å²) in [6.45, 7) is 0. The minimum Gasteiger partial charge on any atom is -0.508 e. The summed E-state index contributed by atoms with van der Waals surface area (Å²) in [5.41, 5.74) is -0.00966. The van der Waals surface area contributed by atoms with E-state index in [0.29, 0.717) is 0 Å². The molecule has 1 aliphatic carbocycles. The van der Waals surface area contributed by atoms with Crippen LogP contribution in [0.5, 0.6) is 23.0 Å². The summed E-state index contributed by atoms with van der Waals surface area (Å²) in [6.07, 6.45) is 0. The molecule has 2 aromatic carbocycles. The molecule has 0 saturated heterocycles. The molecule has 0 atom stereocenters. The molecule has 2 N–H and O–H groups in total. The number of benzene rings is 2. The zero-order valence-corrected chi connectivity index (χ0v) is 11.8. The third kappa shape index (κ3) is 1.74. The first-order valence-corrected chi connectivity index (χ1v) is 6.40. The molecule has 112 valence electrons. The second kappa shape index (κ2) is 4.77. The highest BCUT2D eigenvalue weighted by molar-refractivity contribution is 6.30. The molecule has 6 heteroatoms. The van der Waals surface area contributed by atoms with Crippen LogP contribution in [0.15, 0.2) is 24.3 Å². The number of methoxy groups -OCH3 is 2. The molecule has 0 saturated carbocycles. The summed E-state index contributed by atoms with van der Waals surface area (Å²) in [6, 6.07) is 5.22. The van der Waals surface area contributed by atoms with Crippen molar-refractivity contribution < 1.29 is 29.3 Å². The van der Waals surface area contributed by atoms with Gasteiger partial charge in [0.2, 0.25) is 0 Å². The average molecular weight is 300 g/mol. The van der Waals surface area contributed by atoms with Crippen molar-refractivity contribution in [2.45, 2.75) is 0 Å². The Bertz CT molecular complexity index is 822. The first kappa shape index (κ1) is 13.9. The number of aromatic hydroxyl groups is 2. The monoisotopic (exact) mass is 300 g/mol. The molecular formula is C16H12O6. The van der Waals surface area contributed by atoms with Gasteiger partial charge in [-0.3, -0.25) is 9.59 Å². The third-order valence-corrected chi connectivity index (χ3v) is 3.62. The zero-order chi connectivity index (χ0) is 16.0. The van der Waals surface area contributed by atoms with E-state index in [1.54, 1.807) is 0 Å². The van der Waals surface area contributed by atoms with Crippen LogP contribution in [-0.4, -0.2) is 36.0 Å². The van der Waals surface area contributed by atoms with E-state index in [9.17, 15) is 19.8 Å². The van der Waals surface area contributed by atoms with Crippen LogP contribution in [0.25, 0.3) is 0 Å². The summed E-state index contributed by atoms with van der Waals surface area (Å²) >= 11 is 0. The van der Waals surface area contributed by atoms with Crippen molar-refractivity contribution in [3.8, 4) is 23.0 Å². The van der Waals surface area contributed by atoms with Crippen molar-refractivity contribution in [3.63, 3.8) is 0 Å². The van der Waals surface area contributed by atoms with E-state index in [4.69, 9.17) is 9.47 Å². The number of hydrogen-bond acceptors (Lipinski definition) is 6. The third-order valence-electron chi connectivity index (χ3n) is 3.62. The lowest BCUT2D eigenvalue weighted by molar-refractivity contribution is 0.0973. The Morgan fingerprint density at radius 1 is 0.818 bits per heavy atom. The van der Waals surface area contributed by atoms with Crippen LogP contribution in [0.3, 0.4) is 0 Å². The predicted molar refractivity (Wildman–Crippen MR) is 76.2 cm³/mol. The molecule has 6 nitrogen and oxygen atoms in total. The van der Waals surface area contributed by atoms with E-state index < -0.39 is 17.3 Å². The smallest absolute Gasteiger partial charge is 0.198 e. The van der Waals surface area contributed by atoms with E-state index in [1.807, 2.05) is 0 Å². The number of phenolic OH excluding ortho intramolecular Hbond substituents is 2. The first-order chi connectivity index (χ1) is 10.5. The first-order valence-electron chi connectivity index (χ1n) is 6.40. The molecule has 0 aromatic heterocycles. The highest BCUT2D eigenvalue weighted by Crippen LogP contribution is 2.44. The van der Waals surface area contributed by atoms with Crippen LogP contribution in [0.2, 0.25) is 0 Å². The number of ether oxygens (including phenoxy) is 2. The van der Waals surface area contributed by atoms with Crippen LogP contribution >= 0.6 is 0 Å². The number of hydrogen-bond donors (Lipinski definition) is 2. The molecule has 2 aromatic rings. The second-order valence-electron chi connectivity index (χ2n) is 4.77. The minimum atomic E-state index is -0.528. The summed E-state index contributed by atoms with van der Waals surface area (Å²) < 4.78 is 10.2. The molecule has 3 rings (SSSR count). The second-order valence-corrected chi connectivity index (χ2v) is 4.77. The van der Waals surface area contributed by atoms with Crippen molar-refractivity contribution >= 4 is 11.6 Å². The van der Waals surface area contributed by atoms with Crippen LogP contribution in [0.1, 0.15) is 31.8 Å². The van der Waals surface area contributed by atoms with E-state index in [0.717, 1.165) is 0 Å². The van der Waals surface area contributed by atoms with Gasteiger partial charge in [-0.05, 0) is 18.2 Å². The fraction of sp³-hybridized carbons (Fsp3) is 0.125. The summed E-state index contributed by atoms with van der Waals surface area (Å²) in [7, 11) is 2.68. The van der Waals surface area contributed by atoms with Gasteiger partial charge in [-0.15, -0.1) is 0 Å². The zero-order valence-electron chi connectivity index (χ0n) is 11.8. The number of ketones is 2. The van der Waals surface area contributed by atoms with Crippen molar-refractivity contribution in [2.75, 3.05) is 14.2 Å². The highest BCUT2D eigenvalue weighted by Gasteiger charge is 2.36. The quantitative estimate of drug-likeness (QED) is 0.750. The van der Waals surface area contributed by atoms with Gasteiger partial charge in [0, 0.05) is 17.2 Å². The van der Waals surface area contributed by atoms with Gasteiger partial charge in [-0.25, -0.2) is 0 Å². The molecule has 0 fully saturated rings. The Labute approximate surface area is 125 Å². The maximum atomic E-state index is 12.6. The SMILES string of the molecule is COc1cc(OC)c2c(c1O)C(=O)c1ccc(O)cc1C2=O. The van der Waals surface area contributed by atoms with Crippen molar-refractivity contribution in [1.29, 1.82) is 0 Å². The van der Waals surface area contributed by atoms with Crippen molar-refractivity contribution in [1.82, 2.24) is 0 Å². The lowest BCUT2D eigenvalue weighted by Gasteiger charge is -2.21. The minimum absolute atomic E-state index is 0.0381. The Morgan fingerprint density at radius 3 is 2.09 bits per heavy atom. The number of phenols is 2. The predicted octanol–water partition coefficient (Wildman–Crippen LogP) is 1.89. The Morgan fingerprint density at radius 2 is 1.45 bits per heavy atom. The van der Waals surface area contributed by atoms with Crippen molar-refractivity contribution in [3.05, 3.63) is 46.5 Å². The maximum absolute atomic E-state index is 12.6. The van der Waals surface area contributed by atoms with Crippen LogP contribution in [0.4, 0.5) is 0 Å². The topological polar surface area (TPSA) is 93.1 Å². The van der Waals surface area contributed by atoms with E-state index in [-0.39, 0.29) is 39.5 Å². The molecule has 1 aliphatic rings. The van der Waals surface area contributed by atoms with Gasteiger partial charge in [0.25, 0.3) is 0 Å². The van der Waals surface area contributed by atoms with E-state index in [1.165, 1.54) is 38.5 Å². The van der Waals surface area contributed by atoms with Crippen LogP contribution < -0.4 is 9.47 Å². The Balaban J connectivity index is 2.38. The van der Waals surface area contributed by atoms with Gasteiger partial charge in [-0.2, -0.15) is 0 Å². The fourth-order valence-electron chi connectivity index (χ4n) is 2.57. The van der Waals surface area contributed by atoms with Crippen LogP contribution in [-0.2, 0) is 0 Å². The highest BCUT2D eigenvalue weighted by atomic mass is 16.5. The number of rotatable bonds is 2. The Kier molecular flexibility index (Phi) is 3.02. The van der Waals surface area contributed by atoms with Gasteiger partial charge < -0.3 is 19.7 Å². The number of fused-ring (bicyclic) bond motifs is 2. The van der Waals surface area contributed by atoms with Gasteiger partial charge in [0.1, 0.15) is 11.5 Å². The van der Waals surface area contributed by atoms with E-state index in [2.05, 4.69) is 0 Å². The fourth-order valence-corrected chi connectivity index (χ4v) is 2.57.